The molecule has 0 radical (unpaired) electrons. The normalized spacial score (nSPS) is 12.4. The molecule has 21 heavy (non-hydrogen) atoms. The van der Waals surface area contributed by atoms with Crippen LogP contribution in [0.1, 0.15) is 22.6 Å². The van der Waals surface area contributed by atoms with E-state index in [1.807, 2.05) is 51.1 Å². The van der Waals surface area contributed by atoms with Gasteiger partial charge in [-0.15, -0.1) is 0 Å². The fourth-order valence-electron chi connectivity index (χ4n) is 2.05. The van der Waals surface area contributed by atoms with Crippen LogP contribution >= 0.6 is 0 Å². The molecule has 2 N–H and O–H groups in total. The summed E-state index contributed by atoms with van der Waals surface area (Å²) in [6.07, 6.45) is -0.555. The zero-order valence-electron chi connectivity index (χ0n) is 12.8. The van der Waals surface area contributed by atoms with Gasteiger partial charge in [0.05, 0.1) is 6.54 Å². The zero-order valence-corrected chi connectivity index (χ0v) is 12.8. The van der Waals surface area contributed by atoms with E-state index < -0.39 is 6.10 Å². The standard InChI is InChI=1S/C17H23NO3/c1-12-4-5-13(2)17(8-12)20-11-15(19)9-18-10-16-7-6-14(3)21-16/h4-8,15,18-19H,9-11H2,1-3H3. The molecule has 0 amide bonds. The third-order valence-electron chi connectivity index (χ3n) is 3.25. The minimum Gasteiger partial charge on any atom is -0.491 e. The van der Waals surface area contributed by atoms with Crippen LogP contribution in [0.2, 0.25) is 0 Å². The smallest absolute Gasteiger partial charge is 0.122 e. The monoisotopic (exact) mass is 289 g/mol. The molecular formula is C17H23NO3. The van der Waals surface area contributed by atoms with E-state index in [9.17, 15) is 5.11 Å². The Morgan fingerprint density at radius 2 is 2.00 bits per heavy atom. The Morgan fingerprint density at radius 3 is 2.71 bits per heavy atom. The van der Waals surface area contributed by atoms with Crippen molar-refractivity contribution in [2.45, 2.75) is 33.4 Å². The number of hydrogen-bond acceptors (Lipinski definition) is 4. The average molecular weight is 289 g/mol. The van der Waals surface area contributed by atoms with Crippen molar-refractivity contribution in [3.63, 3.8) is 0 Å². The van der Waals surface area contributed by atoms with Crippen LogP contribution < -0.4 is 10.1 Å². The van der Waals surface area contributed by atoms with E-state index in [1.54, 1.807) is 0 Å². The first-order chi connectivity index (χ1) is 10.0. The molecule has 0 aliphatic rings. The maximum Gasteiger partial charge on any atom is 0.122 e. The molecule has 1 aromatic carbocycles. The van der Waals surface area contributed by atoms with E-state index >= 15 is 0 Å². The average Bonchev–Trinajstić information content (AvgIpc) is 2.85. The molecular weight excluding hydrogens is 266 g/mol. The topological polar surface area (TPSA) is 54.6 Å². The van der Waals surface area contributed by atoms with Crippen molar-refractivity contribution < 1.29 is 14.3 Å². The third-order valence-corrected chi connectivity index (χ3v) is 3.25. The lowest BCUT2D eigenvalue weighted by molar-refractivity contribution is 0.105. The number of furan rings is 1. The van der Waals surface area contributed by atoms with Crippen LogP contribution in [-0.4, -0.2) is 24.4 Å². The molecule has 1 heterocycles. The summed E-state index contributed by atoms with van der Waals surface area (Å²) in [6.45, 7) is 7.28. The molecule has 2 rings (SSSR count). The van der Waals surface area contributed by atoms with Crippen LogP contribution in [-0.2, 0) is 6.54 Å². The summed E-state index contributed by atoms with van der Waals surface area (Å²) in [6, 6.07) is 9.92. The Labute approximate surface area is 125 Å². The fraction of sp³-hybridized carbons (Fsp3) is 0.412. The van der Waals surface area contributed by atoms with Gasteiger partial charge < -0.3 is 19.6 Å². The molecule has 1 atom stereocenters. The van der Waals surface area contributed by atoms with Crippen LogP contribution in [0, 0.1) is 20.8 Å². The Hall–Kier alpha value is -1.78. The summed E-state index contributed by atoms with van der Waals surface area (Å²) in [5.74, 6) is 2.59. The van der Waals surface area contributed by atoms with Gasteiger partial charge >= 0.3 is 0 Å². The van der Waals surface area contributed by atoms with Crippen LogP contribution in [0.15, 0.2) is 34.7 Å². The molecule has 114 valence electrons. The second-order valence-electron chi connectivity index (χ2n) is 5.38. The van der Waals surface area contributed by atoms with Gasteiger partial charge in [-0.05, 0) is 50.1 Å². The first-order valence-corrected chi connectivity index (χ1v) is 7.19. The molecule has 0 saturated heterocycles. The molecule has 0 fully saturated rings. The summed E-state index contributed by atoms with van der Waals surface area (Å²) >= 11 is 0. The maximum atomic E-state index is 9.94. The summed E-state index contributed by atoms with van der Waals surface area (Å²) in [4.78, 5) is 0. The number of benzene rings is 1. The van der Waals surface area contributed by atoms with E-state index in [2.05, 4.69) is 5.32 Å². The maximum absolute atomic E-state index is 9.94. The fourth-order valence-corrected chi connectivity index (χ4v) is 2.05. The minimum absolute atomic E-state index is 0.272. The minimum atomic E-state index is -0.555. The van der Waals surface area contributed by atoms with E-state index in [4.69, 9.17) is 9.15 Å². The molecule has 4 heteroatoms. The molecule has 4 nitrogen and oxygen atoms in total. The Morgan fingerprint density at radius 1 is 1.19 bits per heavy atom. The van der Waals surface area contributed by atoms with Crippen LogP contribution in [0.4, 0.5) is 0 Å². The van der Waals surface area contributed by atoms with Gasteiger partial charge in [0.1, 0.15) is 30.0 Å². The van der Waals surface area contributed by atoms with Gasteiger partial charge in [0, 0.05) is 6.54 Å². The lowest BCUT2D eigenvalue weighted by Gasteiger charge is -2.14. The number of ether oxygens (including phenoxy) is 1. The van der Waals surface area contributed by atoms with Gasteiger partial charge in [-0.25, -0.2) is 0 Å². The first-order valence-electron chi connectivity index (χ1n) is 7.19. The predicted molar refractivity (Wildman–Crippen MR) is 82.6 cm³/mol. The molecule has 0 aliphatic carbocycles. The van der Waals surface area contributed by atoms with Gasteiger partial charge in [-0.1, -0.05) is 12.1 Å². The van der Waals surface area contributed by atoms with Crippen molar-refractivity contribution in [3.8, 4) is 5.75 Å². The summed E-state index contributed by atoms with van der Waals surface area (Å²) in [7, 11) is 0. The van der Waals surface area contributed by atoms with Gasteiger partial charge in [0.15, 0.2) is 0 Å². The molecule has 0 saturated carbocycles. The Bertz CT molecular complexity index is 577. The van der Waals surface area contributed by atoms with Crippen molar-refractivity contribution >= 4 is 0 Å². The summed E-state index contributed by atoms with van der Waals surface area (Å²) in [5, 5.41) is 13.1. The van der Waals surface area contributed by atoms with Crippen molar-refractivity contribution in [1.82, 2.24) is 5.32 Å². The number of aryl methyl sites for hydroxylation is 3. The van der Waals surface area contributed by atoms with Crippen molar-refractivity contribution in [2.75, 3.05) is 13.2 Å². The summed E-state index contributed by atoms with van der Waals surface area (Å²) < 4.78 is 11.1. The number of aliphatic hydroxyl groups is 1. The van der Waals surface area contributed by atoms with E-state index in [1.165, 1.54) is 0 Å². The lowest BCUT2D eigenvalue weighted by atomic mass is 10.1. The highest BCUT2D eigenvalue weighted by Crippen LogP contribution is 2.19. The van der Waals surface area contributed by atoms with Gasteiger partial charge in [-0.2, -0.15) is 0 Å². The highest BCUT2D eigenvalue weighted by Gasteiger charge is 2.07. The van der Waals surface area contributed by atoms with Crippen LogP contribution in [0.25, 0.3) is 0 Å². The largest absolute Gasteiger partial charge is 0.491 e. The number of aliphatic hydroxyl groups excluding tert-OH is 1. The number of rotatable bonds is 7. The van der Waals surface area contributed by atoms with Crippen molar-refractivity contribution in [2.24, 2.45) is 0 Å². The second kappa shape index (κ2) is 7.29. The van der Waals surface area contributed by atoms with E-state index in [0.29, 0.717) is 13.1 Å². The van der Waals surface area contributed by atoms with Crippen LogP contribution in [0.5, 0.6) is 5.75 Å². The van der Waals surface area contributed by atoms with Crippen LogP contribution in [0.3, 0.4) is 0 Å². The van der Waals surface area contributed by atoms with E-state index in [0.717, 1.165) is 28.4 Å². The highest BCUT2D eigenvalue weighted by atomic mass is 16.5. The number of hydrogen-bond donors (Lipinski definition) is 2. The molecule has 0 bridgehead atoms. The zero-order chi connectivity index (χ0) is 15.2. The highest BCUT2D eigenvalue weighted by molar-refractivity contribution is 5.35. The summed E-state index contributed by atoms with van der Waals surface area (Å²) in [5.41, 5.74) is 2.23. The lowest BCUT2D eigenvalue weighted by Crippen LogP contribution is -2.31. The van der Waals surface area contributed by atoms with Gasteiger partial charge in [0.25, 0.3) is 0 Å². The third kappa shape index (κ3) is 4.92. The molecule has 1 unspecified atom stereocenters. The van der Waals surface area contributed by atoms with Gasteiger partial charge in [0.2, 0.25) is 0 Å². The molecule has 1 aromatic heterocycles. The quantitative estimate of drug-likeness (QED) is 0.823. The Kier molecular flexibility index (Phi) is 5.42. The molecule has 2 aromatic rings. The number of nitrogens with one attached hydrogen (secondary N) is 1. The first kappa shape index (κ1) is 15.6. The Balaban J connectivity index is 1.72. The van der Waals surface area contributed by atoms with Crippen molar-refractivity contribution in [3.05, 3.63) is 53.0 Å². The van der Waals surface area contributed by atoms with Crippen molar-refractivity contribution in [1.29, 1.82) is 0 Å². The second-order valence-corrected chi connectivity index (χ2v) is 5.38. The molecule has 0 aliphatic heterocycles. The van der Waals surface area contributed by atoms with Gasteiger partial charge in [-0.3, -0.25) is 0 Å². The predicted octanol–water partition coefficient (Wildman–Crippen LogP) is 2.73. The SMILES string of the molecule is Cc1ccc(C)c(OCC(O)CNCc2ccc(C)o2)c1. The molecule has 0 spiro atoms. The van der Waals surface area contributed by atoms with E-state index in [-0.39, 0.29) is 6.61 Å².